The lowest BCUT2D eigenvalue weighted by molar-refractivity contribution is 0.319. The average molecular weight is 315 g/mol. The fraction of sp³-hybridized carbons (Fsp3) is 0.263. The van der Waals surface area contributed by atoms with Crippen molar-refractivity contribution < 1.29 is 13.9 Å². The fourth-order valence-electron chi connectivity index (χ4n) is 2.89. The quantitative estimate of drug-likeness (QED) is 0.931. The highest BCUT2D eigenvalue weighted by molar-refractivity contribution is 5.49. The van der Waals surface area contributed by atoms with Crippen molar-refractivity contribution in [1.29, 1.82) is 0 Å². The van der Waals surface area contributed by atoms with Crippen LogP contribution < -0.4 is 0 Å². The summed E-state index contributed by atoms with van der Waals surface area (Å²) in [5.74, 6) is -1.33. The molecule has 0 aliphatic carbocycles. The molecule has 1 heterocycles. The Balaban J connectivity index is 1.59. The smallest absolute Gasteiger partial charge is 0.159 e. The van der Waals surface area contributed by atoms with Crippen LogP contribution in [0.2, 0.25) is 0 Å². The fourth-order valence-corrected chi connectivity index (χ4v) is 2.89. The van der Waals surface area contributed by atoms with E-state index in [9.17, 15) is 13.9 Å². The monoisotopic (exact) mass is 315 g/mol. The first-order chi connectivity index (χ1) is 11.1. The molecular formula is C19H19F2NO. The summed E-state index contributed by atoms with van der Waals surface area (Å²) in [4.78, 5) is 2.31. The number of nitrogens with zero attached hydrogens (tertiary/aromatic N) is 1. The van der Waals surface area contributed by atoms with Crippen LogP contribution in [-0.4, -0.2) is 29.6 Å². The molecule has 0 saturated carbocycles. The third kappa shape index (κ3) is 3.96. The maximum Gasteiger partial charge on any atom is 0.159 e. The molecule has 4 heteroatoms. The van der Waals surface area contributed by atoms with Crippen LogP contribution in [0.1, 0.15) is 16.7 Å². The van der Waals surface area contributed by atoms with Gasteiger partial charge in [-0.1, -0.05) is 24.3 Å². The predicted molar refractivity (Wildman–Crippen MR) is 87.3 cm³/mol. The summed E-state index contributed by atoms with van der Waals surface area (Å²) < 4.78 is 26.0. The molecule has 2 aromatic carbocycles. The molecule has 120 valence electrons. The number of benzene rings is 2. The summed E-state index contributed by atoms with van der Waals surface area (Å²) in [6, 6.07) is 9.48. The Morgan fingerprint density at radius 2 is 1.74 bits per heavy atom. The molecule has 1 N–H and O–H groups in total. The zero-order valence-corrected chi connectivity index (χ0v) is 12.8. The number of halogens is 2. The lowest BCUT2D eigenvalue weighted by Gasteiger charge is -2.17. The van der Waals surface area contributed by atoms with Crippen molar-refractivity contribution in [3.05, 3.63) is 70.8 Å². The maximum absolute atomic E-state index is 13.2. The number of rotatable bonds is 3. The highest BCUT2D eigenvalue weighted by Gasteiger charge is 2.13. The molecule has 0 atom stereocenters. The Bertz CT molecular complexity index is 727. The van der Waals surface area contributed by atoms with Crippen LogP contribution in [0.25, 0.3) is 6.08 Å². The van der Waals surface area contributed by atoms with E-state index >= 15 is 0 Å². The van der Waals surface area contributed by atoms with E-state index in [1.807, 2.05) is 24.3 Å². The van der Waals surface area contributed by atoms with Crippen LogP contribution >= 0.6 is 0 Å². The van der Waals surface area contributed by atoms with E-state index in [1.54, 1.807) is 12.1 Å². The van der Waals surface area contributed by atoms with Crippen LogP contribution in [-0.2, 0) is 12.8 Å². The van der Waals surface area contributed by atoms with E-state index in [0.717, 1.165) is 38.5 Å². The molecular weight excluding hydrogens is 296 g/mol. The molecule has 1 aliphatic heterocycles. The zero-order valence-electron chi connectivity index (χ0n) is 12.8. The summed E-state index contributed by atoms with van der Waals surface area (Å²) in [5.41, 5.74) is 3.15. The largest absolute Gasteiger partial charge is 0.508 e. The second-order valence-corrected chi connectivity index (χ2v) is 5.83. The van der Waals surface area contributed by atoms with Crippen molar-refractivity contribution in [3.8, 4) is 5.75 Å². The number of hydrogen-bond acceptors (Lipinski definition) is 2. The van der Waals surface area contributed by atoms with Crippen molar-refractivity contribution >= 4 is 6.08 Å². The average Bonchev–Trinajstić information content (AvgIpc) is 2.73. The second-order valence-electron chi connectivity index (χ2n) is 5.83. The number of phenols is 1. The Kier molecular flexibility index (Phi) is 4.72. The van der Waals surface area contributed by atoms with Crippen LogP contribution in [0, 0.1) is 11.6 Å². The van der Waals surface area contributed by atoms with Gasteiger partial charge in [-0.05, 0) is 53.8 Å². The third-order valence-electron chi connectivity index (χ3n) is 4.20. The third-order valence-corrected chi connectivity index (χ3v) is 4.20. The molecule has 0 unspecified atom stereocenters. The van der Waals surface area contributed by atoms with Crippen molar-refractivity contribution in [2.45, 2.75) is 12.8 Å². The highest BCUT2D eigenvalue weighted by Crippen LogP contribution is 2.21. The Labute approximate surface area is 134 Å². The van der Waals surface area contributed by atoms with E-state index in [0.29, 0.717) is 11.3 Å². The molecule has 0 amide bonds. The van der Waals surface area contributed by atoms with Gasteiger partial charge in [0.15, 0.2) is 11.6 Å². The summed E-state index contributed by atoms with van der Waals surface area (Å²) >= 11 is 0. The Morgan fingerprint density at radius 1 is 0.957 bits per heavy atom. The van der Waals surface area contributed by atoms with Crippen molar-refractivity contribution in [3.63, 3.8) is 0 Å². The Morgan fingerprint density at radius 3 is 2.52 bits per heavy atom. The van der Waals surface area contributed by atoms with Crippen molar-refractivity contribution in [2.24, 2.45) is 0 Å². The number of hydrogen-bond donors (Lipinski definition) is 1. The first kappa shape index (κ1) is 15.7. The van der Waals surface area contributed by atoms with Gasteiger partial charge in [0.25, 0.3) is 0 Å². The van der Waals surface area contributed by atoms with Crippen molar-refractivity contribution in [2.75, 3.05) is 19.6 Å². The van der Waals surface area contributed by atoms with Crippen LogP contribution in [0.3, 0.4) is 0 Å². The summed E-state index contributed by atoms with van der Waals surface area (Å²) in [5, 5.41) is 9.57. The second kappa shape index (κ2) is 6.92. The molecule has 1 aliphatic rings. The van der Waals surface area contributed by atoms with Gasteiger partial charge in [-0.15, -0.1) is 0 Å². The lowest BCUT2D eigenvalue weighted by Crippen LogP contribution is -2.26. The SMILES string of the molecule is Oc1ccc2c(c1)CCN(C/C=C/c1ccc(F)c(F)c1)CC2. The van der Waals surface area contributed by atoms with E-state index in [-0.39, 0.29) is 0 Å². The minimum atomic E-state index is -0.823. The van der Waals surface area contributed by atoms with Gasteiger partial charge in [0.05, 0.1) is 0 Å². The van der Waals surface area contributed by atoms with Gasteiger partial charge in [0.2, 0.25) is 0 Å². The van der Waals surface area contributed by atoms with Gasteiger partial charge in [-0.3, -0.25) is 4.90 Å². The molecule has 23 heavy (non-hydrogen) atoms. The molecule has 2 aromatic rings. The van der Waals surface area contributed by atoms with E-state index in [4.69, 9.17) is 0 Å². The molecule has 0 radical (unpaired) electrons. The Hall–Kier alpha value is -2.20. The molecule has 0 aromatic heterocycles. The van der Waals surface area contributed by atoms with Gasteiger partial charge >= 0.3 is 0 Å². The lowest BCUT2D eigenvalue weighted by atomic mass is 10.0. The van der Waals surface area contributed by atoms with Gasteiger partial charge in [0, 0.05) is 19.6 Å². The van der Waals surface area contributed by atoms with Gasteiger partial charge in [-0.2, -0.15) is 0 Å². The normalized spacial score (nSPS) is 15.6. The van der Waals surface area contributed by atoms with E-state index in [2.05, 4.69) is 4.90 Å². The zero-order chi connectivity index (χ0) is 16.2. The number of phenolic OH excluding ortho intramolecular Hbond substituents is 1. The molecule has 0 bridgehead atoms. The predicted octanol–water partition coefficient (Wildman–Crippen LogP) is 3.78. The maximum atomic E-state index is 13.2. The molecule has 0 spiro atoms. The topological polar surface area (TPSA) is 23.5 Å². The molecule has 3 rings (SSSR count). The van der Waals surface area contributed by atoms with Crippen LogP contribution in [0.5, 0.6) is 5.75 Å². The minimum absolute atomic E-state index is 0.315. The summed E-state index contributed by atoms with van der Waals surface area (Å²) in [7, 11) is 0. The number of fused-ring (bicyclic) bond motifs is 1. The molecule has 0 saturated heterocycles. The van der Waals surface area contributed by atoms with Crippen LogP contribution in [0.15, 0.2) is 42.5 Å². The molecule has 2 nitrogen and oxygen atoms in total. The van der Waals surface area contributed by atoms with Gasteiger partial charge in [-0.25, -0.2) is 8.78 Å². The van der Waals surface area contributed by atoms with E-state index < -0.39 is 11.6 Å². The summed E-state index contributed by atoms with van der Waals surface area (Å²) in [6.45, 7) is 2.62. The van der Waals surface area contributed by atoms with Crippen molar-refractivity contribution in [1.82, 2.24) is 4.90 Å². The first-order valence-electron chi connectivity index (χ1n) is 7.76. The summed E-state index contributed by atoms with van der Waals surface area (Å²) in [6.07, 6.45) is 5.64. The van der Waals surface area contributed by atoms with Gasteiger partial charge < -0.3 is 5.11 Å². The number of aromatic hydroxyl groups is 1. The highest BCUT2D eigenvalue weighted by atomic mass is 19.2. The first-order valence-corrected chi connectivity index (χ1v) is 7.76. The molecule has 0 fully saturated rings. The van der Waals surface area contributed by atoms with Crippen LogP contribution in [0.4, 0.5) is 8.78 Å². The van der Waals surface area contributed by atoms with E-state index in [1.165, 1.54) is 17.2 Å². The minimum Gasteiger partial charge on any atom is -0.508 e. The standard InChI is InChI=1S/C19H19F2NO/c20-18-6-3-14(12-19(18)21)2-1-9-22-10-7-15-4-5-17(23)13-16(15)8-11-22/h1-6,12-13,23H,7-11H2/b2-1+. The van der Waals surface area contributed by atoms with Gasteiger partial charge in [0.1, 0.15) is 5.75 Å².